The molecule has 2 aromatic rings. The SMILES string of the molecule is O=C1OC(=O)N(C(=O)c2ccccc2)[C@H]1Cc1ccccc1. The molecule has 0 spiro atoms. The van der Waals surface area contributed by atoms with Crippen LogP contribution in [0.2, 0.25) is 0 Å². The lowest BCUT2D eigenvalue weighted by Crippen LogP contribution is -2.41. The molecule has 5 heteroatoms. The van der Waals surface area contributed by atoms with Gasteiger partial charge >= 0.3 is 12.1 Å². The summed E-state index contributed by atoms with van der Waals surface area (Å²) in [7, 11) is 0. The smallest absolute Gasteiger partial charge is 0.374 e. The standard InChI is InChI=1S/C17H13NO4/c19-15(13-9-5-2-6-10-13)18-14(16(20)22-17(18)21)11-12-7-3-1-4-8-12/h1-10,14H,11H2/t14-/m0/s1. The Bertz CT molecular complexity index is 712. The van der Waals surface area contributed by atoms with E-state index in [0.717, 1.165) is 10.5 Å². The number of esters is 1. The molecule has 1 fully saturated rings. The molecule has 2 amide bonds. The van der Waals surface area contributed by atoms with Crippen LogP contribution < -0.4 is 0 Å². The van der Waals surface area contributed by atoms with Gasteiger partial charge in [-0.3, -0.25) is 4.79 Å². The van der Waals surface area contributed by atoms with Gasteiger partial charge in [-0.05, 0) is 17.7 Å². The number of carbonyl (C=O) groups is 3. The molecular formula is C17H13NO4. The zero-order chi connectivity index (χ0) is 15.5. The summed E-state index contributed by atoms with van der Waals surface area (Å²) in [5.74, 6) is -1.23. The largest absolute Gasteiger partial charge is 0.425 e. The Kier molecular flexibility index (Phi) is 3.70. The van der Waals surface area contributed by atoms with Crippen molar-refractivity contribution >= 4 is 18.0 Å². The molecule has 0 N–H and O–H groups in total. The van der Waals surface area contributed by atoms with Gasteiger partial charge in [-0.25, -0.2) is 14.5 Å². The van der Waals surface area contributed by atoms with Gasteiger partial charge in [-0.15, -0.1) is 0 Å². The third-order valence-corrected chi connectivity index (χ3v) is 3.48. The second-order valence-corrected chi connectivity index (χ2v) is 4.93. The van der Waals surface area contributed by atoms with E-state index >= 15 is 0 Å². The van der Waals surface area contributed by atoms with Crippen molar-refractivity contribution in [2.45, 2.75) is 12.5 Å². The molecule has 1 saturated heterocycles. The average molecular weight is 295 g/mol. The van der Waals surface area contributed by atoms with Crippen LogP contribution >= 0.6 is 0 Å². The van der Waals surface area contributed by atoms with Crippen LogP contribution in [0.25, 0.3) is 0 Å². The molecule has 22 heavy (non-hydrogen) atoms. The van der Waals surface area contributed by atoms with Gasteiger partial charge in [0.25, 0.3) is 5.91 Å². The number of amides is 2. The maximum absolute atomic E-state index is 12.5. The topological polar surface area (TPSA) is 63.7 Å². The summed E-state index contributed by atoms with van der Waals surface area (Å²) < 4.78 is 4.63. The van der Waals surface area contributed by atoms with Gasteiger partial charge in [-0.1, -0.05) is 48.5 Å². The highest BCUT2D eigenvalue weighted by atomic mass is 16.6. The van der Waals surface area contributed by atoms with Crippen LogP contribution in [0.3, 0.4) is 0 Å². The van der Waals surface area contributed by atoms with Crippen molar-refractivity contribution < 1.29 is 19.1 Å². The fourth-order valence-electron chi connectivity index (χ4n) is 2.39. The van der Waals surface area contributed by atoms with E-state index in [1.165, 1.54) is 0 Å². The van der Waals surface area contributed by atoms with Crippen molar-refractivity contribution in [1.82, 2.24) is 4.90 Å². The van der Waals surface area contributed by atoms with Gasteiger partial charge in [0.1, 0.15) is 6.04 Å². The zero-order valence-corrected chi connectivity index (χ0v) is 11.6. The first-order chi connectivity index (χ1) is 10.7. The number of nitrogens with zero attached hydrogens (tertiary/aromatic N) is 1. The van der Waals surface area contributed by atoms with Crippen LogP contribution in [0.1, 0.15) is 15.9 Å². The van der Waals surface area contributed by atoms with Gasteiger partial charge in [0.05, 0.1) is 0 Å². The minimum absolute atomic E-state index is 0.240. The molecule has 0 unspecified atom stereocenters. The fraction of sp³-hybridized carbons (Fsp3) is 0.118. The zero-order valence-electron chi connectivity index (χ0n) is 11.6. The van der Waals surface area contributed by atoms with Crippen molar-refractivity contribution in [1.29, 1.82) is 0 Å². The minimum atomic E-state index is -0.928. The molecule has 0 saturated carbocycles. The summed E-state index contributed by atoms with van der Waals surface area (Å²) in [4.78, 5) is 37.1. The second-order valence-electron chi connectivity index (χ2n) is 4.93. The fourth-order valence-corrected chi connectivity index (χ4v) is 2.39. The number of cyclic esters (lactones) is 2. The molecule has 0 radical (unpaired) electrons. The molecule has 1 atom stereocenters. The number of rotatable bonds is 3. The first-order valence-corrected chi connectivity index (χ1v) is 6.85. The maximum atomic E-state index is 12.5. The molecule has 5 nitrogen and oxygen atoms in total. The Morgan fingerprint density at radius 3 is 2.18 bits per heavy atom. The molecule has 0 bridgehead atoms. The highest BCUT2D eigenvalue weighted by molar-refractivity contribution is 6.11. The van der Waals surface area contributed by atoms with E-state index in [-0.39, 0.29) is 6.42 Å². The summed E-state index contributed by atoms with van der Waals surface area (Å²) >= 11 is 0. The first-order valence-electron chi connectivity index (χ1n) is 6.85. The Hall–Kier alpha value is -2.95. The lowest BCUT2D eigenvalue weighted by molar-refractivity contribution is -0.135. The van der Waals surface area contributed by atoms with Crippen LogP contribution in [-0.2, 0) is 16.0 Å². The Balaban J connectivity index is 1.88. The monoisotopic (exact) mass is 295 g/mol. The van der Waals surface area contributed by atoms with E-state index in [4.69, 9.17) is 0 Å². The molecule has 1 aliphatic heterocycles. The van der Waals surface area contributed by atoms with Crippen molar-refractivity contribution in [2.75, 3.05) is 0 Å². The third-order valence-electron chi connectivity index (χ3n) is 3.48. The van der Waals surface area contributed by atoms with E-state index in [0.29, 0.717) is 5.56 Å². The lowest BCUT2D eigenvalue weighted by atomic mass is 10.0. The van der Waals surface area contributed by atoms with Gasteiger partial charge in [-0.2, -0.15) is 0 Å². The minimum Gasteiger partial charge on any atom is -0.374 e. The summed E-state index contributed by atoms with van der Waals surface area (Å²) in [5.41, 5.74) is 1.19. The van der Waals surface area contributed by atoms with E-state index in [9.17, 15) is 14.4 Å². The second kappa shape index (κ2) is 5.81. The first kappa shape index (κ1) is 14.0. The predicted molar refractivity (Wildman–Crippen MR) is 78.0 cm³/mol. The van der Waals surface area contributed by atoms with Gasteiger partial charge in [0.2, 0.25) is 0 Å². The van der Waals surface area contributed by atoms with Crippen molar-refractivity contribution in [3.8, 4) is 0 Å². The maximum Gasteiger partial charge on any atom is 0.425 e. The number of benzene rings is 2. The number of imide groups is 1. The summed E-state index contributed by atoms with van der Waals surface area (Å²) in [6, 6.07) is 16.6. The summed E-state index contributed by atoms with van der Waals surface area (Å²) in [6.45, 7) is 0. The van der Waals surface area contributed by atoms with E-state index in [2.05, 4.69) is 4.74 Å². The van der Waals surface area contributed by atoms with Crippen LogP contribution in [0.5, 0.6) is 0 Å². The number of hydrogen-bond donors (Lipinski definition) is 0. The molecule has 2 aromatic carbocycles. The van der Waals surface area contributed by atoms with Crippen LogP contribution in [0.4, 0.5) is 4.79 Å². The highest BCUT2D eigenvalue weighted by Gasteiger charge is 2.45. The molecule has 3 rings (SSSR count). The Labute approximate surface area is 127 Å². The number of carbonyl (C=O) groups excluding carboxylic acids is 3. The number of hydrogen-bond acceptors (Lipinski definition) is 4. The lowest BCUT2D eigenvalue weighted by Gasteiger charge is -2.18. The van der Waals surface area contributed by atoms with Crippen molar-refractivity contribution in [3.63, 3.8) is 0 Å². The molecule has 1 aliphatic rings. The Morgan fingerprint density at radius 1 is 0.955 bits per heavy atom. The van der Waals surface area contributed by atoms with Gasteiger partial charge in [0, 0.05) is 12.0 Å². The molecule has 1 heterocycles. The van der Waals surface area contributed by atoms with E-state index in [1.807, 2.05) is 30.3 Å². The van der Waals surface area contributed by atoms with E-state index < -0.39 is 24.0 Å². The van der Waals surface area contributed by atoms with Crippen molar-refractivity contribution in [3.05, 3.63) is 71.8 Å². The van der Waals surface area contributed by atoms with Gasteiger partial charge in [0.15, 0.2) is 0 Å². The summed E-state index contributed by atoms with van der Waals surface area (Å²) in [6.07, 6.45) is -0.677. The van der Waals surface area contributed by atoms with Crippen LogP contribution in [-0.4, -0.2) is 28.9 Å². The quantitative estimate of drug-likeness (QED) is 0.644. The molecule has 0 aromatic heterocycles. The van der Waals surface area contributed by atoms with Crippen LogP contribution in [0, 0.1) is 0 Å². The average Bonchev–Trinajstić information content (AvgIpc) is 2.82. The molecular weight excluding hydrogens is 282 g/mol. The van der Waals surface area contributed by atoms with E-state index in [1.54, 1.807) is 30.3 Å². The normalized spacial score (nSPS) is 17.5. The predicted octanol–water partition coefficient (Wildman–Crippen LogP) is 2.42. The Morgan fingerprint density at radius 2 is 1.55 bits per heavy atom. The van der Waals surface area contributed by atoms with Crippen LogP contribution in [0.15, 0.2) is 60.7 Å². The van der Waals surface area contributed by atoms with Gasteiger partial charge < -0.3 is 4.74 Å². The molecule has 0 aliphatic carbocycles. The number of ether oxygens (including phenoxy) is 1. The highest BCUT2D eigenvalue weighted by Crippen LogP contribution is 2.21. The van der Waals surface area contributed by atoms with Crippen molar-refractivity contribution in [2.24, 2.45) is 0 Å². The molecule has 110 valence electrons. The summed E-state index contributed by atoms with van der Waals surface area (Å²) in [5, 5.41) is 0. The third kappa shape index (κ3) is 2.61.